The van der Waals surface area contributed by atoms with Gasteiger partial charge in [0.25, 0.3) is 5.69 Å². The first kappa shape index (κ1) is 17.9. The molecule has 6 heteroatoms. The van der Waals surface area contributed by atoms with E-state index in [0.717, 1.165) is 16.7 Å². The van der Waals surface area contributed by atoms with Crippen molar-refractivity contribution >= 4 is 29.9 Å². The van der Waals surface area contributed by atoms with Crippen LogP contribution in [-0.2, 0) is 9.53 Å². The lowest BCUT2D eigenvalue weighted by molar-refractivity contribution is -0.384. The summed E-state index contributed by atoms with van der Waals surface area (Å²) < 4.78 is 9.80. The number of nitro benzene ring substituents is 1. The average Bonchev–Trinajstić information content (AvgIpc) is 2.64. The first-order valence-corrected chi connectivity index (χ1v) is 7.40. The van der Waals surface area contributed by atoms with Gasteiger partial charge in [0.15, 0.2) is 0 Å². The van der Waals surface area contributed by atoms with Gasteiger partial charge in [-0.1, -0.05) is 18.2 Å². The number of hydrogen-bond donors (Lipinski definition) is 0. The van der Waals surface area contributed by atoms with Gasteiger partial charge in [-0.15, -0.1) is 0 Å². The molecule has 0 saturated heterocycles. The van der Waals surface area contributed by atoms with Gasteiger partial charge in [0.05, 0.1) is 19.1 Å². The maximum atomic E-state index is 11.3. The van der Waals surface area contributed by atoms with E-state index in [2.05, 4.69) is 4.74 Å². The normalized spacial score (nSPS) is 11.0. The van der Waals surface area contributed by atoms with Crippen molar-refractivity contribution in [3.63, 3.8) is 0 Å². The smallest absolute Gasteiger partial charge is 0.330 e. The molecule has 0 radical (unpaired) electrons. The highest BCUT2D eigenvalue weighted by Gasteiger charge is 2.03. The van der Waals surface area contributed by atoms with Crippen LogP contribution in [0.3, 0.4) is 0 Å². The van der Waals surface area contributed by atoms with Crippen LogP contribution >= 0.6 is 0 Å². The third-order valence-electron chi connectivity index (χ3n) is 3.45. The zero-order chi connectivity index (χ0) is 18.2. The Balaban J connectivity index is 2.29. The minimum absolute atomic E-state index is 0.0447. The summed E-state index contributed by atoms with van der Waals surface area (Å²) in [5, 5.41) is 10.7. The van der Waals surface area contributed by atoms with Gasteiger partial charge < -0.3 is 9.47 Å². The van der Waals surface area contributed by atoms with E-state index in [4.69, 9.17) is 4.74 Å². The maximum absolute atomic E-state index is 11.3. The highest BCUT2D eigenvalue weighted by atomic mass is 16.6. The molecule has 0 amide bonds. The van der Waals surface area contributed by atoms with Crippen LogP contribution in [-0.4, -0.2) is 25.1 Å². The van der Waals surface area contributed by atoms with Gasteiger partial charge in [-0.05, 0) is 47.0 Å². The van der Waals surface area contributed by atoms with Crippen LogP contribution in [0.25, 0.3) is 18.2 Å². The van der Waals surface area contributed by atoms with Crippen molar-refractivity contribution < 1.29 is 19.2 Å². The monoisotopic (exact) mass is 339 g/mol. The van der Waals surface area contributed by atoms with E-state index in [1.165, 1.54) is 25.3 Å². The summed E-state index contributed by atoms with van der Waals surface area (Å²) in [6.45, 7) is 0. The standard InChI is InChI=1S/C19H17NO5/c1-24-18-11-7-15(16(13-18)8-12-19(21)25-2)6-3-14-4-9-17(10-5-14)20(22)23/h3-13H,1-2H3/b6-3+,12-8+. The minimum Gasteiger partial charge on any atom is -0.497 e. The summed E-state index contributed by atoms with van der Waals surface area (Å²) in [5.74, 6) is 0.213. The average molecular weight is 339 g/mol. The van der Waals surface area contributed by atoms with E-state index in [0.29, 0.717) is 5.75 Å². The molecule has 0 aromatic heterocycles. The van der Waals surface area contributed by atoms with Gasteiger partial charge in [0, 0.05) is 18.2 Å². The molecule has 2 aromatic carbocycles. The van der Waals surface area contributed by atoms with Crippen LogP contribution < -0.4 is 4.74 Å². The van der Waals surface area contributed by atoms with Gasteiger partial charge >= 0.3 is 5.97 Å². The Morgan fingerprint density at radius 1 is 1.00 bits per heavy atom. The molecule has 0 spiro atoms. The first-order chi connectivity index (χ1) is 12.0. The SMILES string of the molecule is COC(=O)/C=C/c1cc(OC)ccc1/C=C/c1ccc([N+](=O)[O-])cc1. The van der Waals surface area contributed by atoms with E-state index < -0.39 is 10.9 Å². The van der Waals surface area contributed by atoms with Crippen LogP contribution in [0.4, 0.5) is 5.69 Å². The minimum atomic E-state index is -0.451. The summed E-state index contributed by atoms with van der Waals surface area (Å²) in [4.78, 5) is 21.5. The van der Waals surface area contributed by atoms with Gasteiger partial charge in [-0.2, -0.15) is 0 Å². The molecule has 2 aromatic rings. The van der Waals surface area contributed by atoms with Crippen molar-refractivity contribution in [2.75, 3.05) is 14.2 Å². The second-order valence-electron chi connectivity index (χ2n) is 5.03. The fraction of sp³-hybridized carbons (Fsp3) is 0.105. The molecule has 0 bridgehead atoms. The summed E-state index contributed by atoms with van der Waals surface area (Å²) in [6.07, 6.45) is 6.67. The van der Waals surface area contributed by atoms with Crippen molar-refractivity contribution in [2.45, 2.75) is 0 Å². The Bertz CT molecular complexity index is 822. The predicted octanol–water partition coefficient (Wildman–Crippen LogP) is 3.96. The van der Waals surface area contributed by atoms with Crippen molar-refractivity contribution in [1.29, 1.82) is 0 Å². The number of non-ortho nitro benzene ring substituents is 1. The summed E-state index contributed by atoms with van der Waals surface area (Å²) in [5.41, 5.74) is 2.51. The Kier molecular flexibility index (Phi) is 6.06. The first-order valence-electron chi connectivity index (χ1n) is 7.40. The molecule has 0 N–H and O–H groups in total. The Morgan fingerprint density at radius 2 is 1.72 bits per heavy atom. The van der Waals surface area contributed by atoms with Crippen LogP contribution in [0, 0.1) is 10.1 Å². The topological polar surface area (TPSA) is 78.7 Å². The zero-order valence-electron chi connectivity index (χ0n) is 13.8. The van der Waals surface area contributed by atoms with E-state index in [9.17, 15) is 14.9 Å². The lowest BCUT2D eigenvalue weighted by Crippen LogP contribution is -1.94. The van der Waals surface area contributed by atoms with Gasteiger partial charge in [-0.3, -0.25) is 10.1 Å². The quantitative estimate of drug-likeness (QED) is 0.262. The second-order valence-corrected chi connectivity index (χ2v) is 5.03. The number of methoxy groups -OCH3 is 2. The van der Waals surface area contributed by atoms with E-state index in [1.54, 1.807) is 31.4 Å². The van der Waals surface area contributed by atoms with Gasteiger partial charge in [0.1, 0.15) is 5.75 Å². The van der Waals surface area contributed by atoms with Crippen LogP contribution in [0.1, 0.15) is 16.7 Å². The molecule has 25 heavy (non-hydrogen) atoms. The van der Waals surface area contributed by atoms with Crippen LogP contribution in [0.15, 0.2) is 48.5 Å². The van der Waals surface area contributed by atoms with Crippen molar-refractivity contribution in [2.24, 2.45) is 0 Å². The lowest BCUT2D eigenvalue weighted by Gasteiger charge is -2.05. The van der Waals surface area contributed by atoms with Crippen LogP contribution in [0.2, 0.25) is 0 Å². The number of nitrogens with zero attached hydrogens (tertiary/aromatic N) is 1. The zero-order valence-corrected chi connectivity index (χ0v) is 13.8. The Morgan fingerprint density at radius 3 is 2.32 bits per heavy atom. The summed E-state index contributed by atoms with van der Waals surface area (Å²) >= 11 is 0. The number of nitro groups is 1. The summed E-state index contributed by atoms with van der Waals surface area (Å²) in [7, 11) is 2.88. The number of esters is 1. The molecular weight excluding hydrogens is 322 g/mol. The summed E-state index contributed by atoms with van der Waals surface area (Å²) in [6, 6.07) is 11.7. The number of benzene rings is 2. The molecular formula is C19H17NO5. The Labute approximate surface area is 145 Å². The molecule has 6 nitrogen and oxygen atoms in total. The highest BCUT2D eigenvalue weighted by molar-refractivity contribution is 5.88. The number of carbonyl (C=O) groups excluding carboxylic acids is 1. The van der Waals surface area contributed by atoms with Gasteiger partial charge in [-0.25, -0.2) is 4.79 Å². The second kappa shape index (κ2) is 8.44. The molecule has 0 aliphatic rings. The van der Waals surface area contributed by atoms with Crippen molar-refractivity contribution in [1.82, 2.24) is 0 Å². The highest BCUT2D eigenvalue weighted by Crippen LogP contribution is 2.22. The molecule has 2 rings (SSSR count). The van der Waals surface area contributed by atoms with E-state index in [1.807, 2.05) is 24.3 Å². The number of carbonyl (C=O) groups is 1. The molecule has 0 fully saturated rings. The Hall–Kier alpha value is -3.41. The predicted molar refractivity (Wildman–Crippen MR) is 96.1 cm³/mol. The molecule has 0 unspecified atom stereocenters. The third kappa shape index (κ3) is 5.04. The van der Waals surface area contributed by atoms with Crippen LogP contribution in [0.5, 0.6) is 5.75 Å². The van der Waals surface area contributed by atoms with Gasteiger partial charge in [0.2, 0.25) is 0 Å². The van der Waals surface area contributed by atoms with E-state index >= 15 is 0 Å². The molecule has 0 aliphatic carbocycles. The molecule has 0 atom stereocenters. The van der Waals surface area contributed by atoms with Crippen molar-refractivity contribution in [3.05, 3.63) is 75.3 Å². The molecule has 0 saturated carbocycles. The lowest BCUT2D eigenvalue weighted by atomic mass is 10.0. The molecule has 0 aliphatic heterocycles. The van der Waals surface area contributed by atoms with E-state index in [-0.39, 0.29) is 5.69 Å². The fourth-order valence-electron chi connectivity index (χ4n) is 2.09. The number of hydrogen-bond acceptors (Lipinski definition) is 5. The third-order valence-corrected chi connectivity index (χ3v) is 3.45. The molecule has 128 valence electrons. The fourth-order valence-corrected chi connectivity index (χ4v) is 2.09. The number of rotatable bonds is 6. The largest absolute Gasteiger partial charge is 0.497 e. The van der Waals surface area contributed by atoms with Crippen molar-refractivity contribution in [3.8, 4) is 5.75 Å². The molecule has 0 heterocycles. The maximum Gasteiger partial charge on any atom is 0.330 e. The number of ether oxygens (including phenoxy) is 2.